The van der Waals surface area contributed by atoms with Crippen LogP contribution in [0.15, 0.2) is 42.5 Å². The first-order chi connectivity index (χ1) is 13.6. The quantitative estimate of drug-likeness (QED) is 0.575. The average molecular weight is 463 g/mol. The van der Waals surface area contributed by atoms with Crippen LogP contribution in [-0.2, 0) is 20.6 Å². The van der Waals surface area contributed by atoms with E-state index < -0.39 is 33.6 Å². The van der Waals surface area contributed by atoms with Crippen LogP contribution >= 0.6 is 23.4 Å². The van der Waals surface area contributed by atoms with Crippen molar-refractivity contribution in [1.82, 2.24) is 5.32 Å². The molecular formula is C19H21ClF2N2O3S2. The monoisotopic (exact) mass is 462 g/mol. The Hall–Kier alpha value is -1.84. The van der Waals surface area contributed by atoms with Crippen LogP contribution in [0.1, 0.15) is 12.5 Å². The van der Waals surface area contributed by atoms with E-state index in [4.69, 9.17) is 11.6 Å². The number of benzene rings is 2. The van der Waals surface area contributed by atoms with Gasteiger partial charge >= 0.3 is 0 Å². The van der Waals surface area contributed by atoms with E-state index in [2.05, 4.69) is 5.32 Å². The van der Waals surface area contributed by atoms with E-state index in [9.17, 15) is 22.0 Å². The van der Waals surface area contributed by atoms with Crippen LogP contribution < -0.4 is 9.62 Å². The Labute approximate surface area is 178 Å². The second-order valence-electron chi connectivity index (χ2n) is 6.31. The Morgan fingerprint density at radius 1 is 1.21 bits per heavy atom. The molecule has 0 aliphatic rings. The van der Waals surface area contributed by atoms with Crippen molar-refractivity contribution in [2.75, 3.05) is 22.9 Å². The third-order valence-corrected chi connectivity index (χ3v) is 6.46. The fraction of sp³-hybridized carbons (Fsp3) is 0.316. The minimum absolute atomic E-state index is 0.121. The fourth-order valence-corrected chi connectivity index (χ4v) is 4.83. The number of anilines is 1. The van der Waals surface area contributed by atoms with Gasteiger partial charge in [-0.05, 0) is 36.8 Å². The van der Waals surface area contributed by atoms with Crippen molar-refractivity contribution in [3.8, 4) is 0 Å². The van der Waals surface area contributed by atoms with Crippen LogP contribution in [0.2, 0.25) is 5.02 Å². The lowest BCUT2D eigenvalue weighted by molar-refractivity contribution is -0.121. The van der Waals surface area contributed by atoms with E-state index in [1.807, 2.05) is 18.2 Å². The molecule has 1 atom stereocenters. The SMILES string of the molecule is C[C@@H](C(=O)NCCSCc1cccc(Cl)c1)N(c1ccc(F)c(F)c1)S(C)(=O)=O. The van der Waals surface area contributed by atoms with Gasteiger partial charge in [-0.1, -0.05) is 23.7 Å². The number of carbonyl (C=O) groups excluding carboxylic acids is 1. The van der Waals surface area contributed by atoms with Gasteiger partial charge in [-0.15, -0.1) is 0 Å². The van der Waals surface area contributed by atoms with Crippen molar-refractivity contribution in [2.24, 2.45) is 0 Å². The molecule has 0 bridgehead atoms. The Morgan fingerprint density at radius 3 is 2.55 bits per heavy atom. The van der Waals surface area contributed by atoms with Crippen molar-refractivity contribution in [2.45, 2.75) is 18.7 Å². The lowest BCUT2D eigenvalue weighted by Gasteiger charge is -2.28. The molecule has 0 spiro atoms. The zero-order valence-corrected chi connectivity index (χ0v) is 18.3. The summed E-state index contributed by atoms with van der Waals surface area (Å²) in [6, 6.07) is 9.02. The molecule has 158 valence electrons. The number of sulfonamides is 1. The molecule has 0 aromatic heterocycles. The number of halogens is 3. The summed E-state index contributed by atoms with van der Waals surface area (Å²) in [7, 11) is -3.90. The third kappa shape index (κ3) is 6.87. The molecule has 0 aliphatic heterocycles. The van der Waals surface area contributed by atoms with Gasteiger partial charge in [0.2, 0.25) is 15.9 Å². The maximum Gasteiger partial charge on any atom is 0.243 e. The first-order valence-corrected chi connectivity index (χ1v) is 12.0. The van der Waals surface area contributed by atoms with E-state index in [0.717, 1.165) is 40.1 Å². The number of hydrogen-bond donors (Lipinski definition) is 1. The number of amides is 1. The first-order valence-electron chi connectivity index (χ1n) is 8.64. The molecule has 2 rings (SSSR count). The van der Waals surface area contributed by atoms with Crippen LogP contribution in [0.25, 0.3) is 0 Å². The zero-order valence-electron chi connectivity index (χ0n) is 15.9. The van der Waals surface area contributed by atoms with Gasteiger partial charge in [0.15, 0.2) is 11.6 Å². The minimum Gasteiger partial charge on any atom is -0.353 e. The standard InChI is InChI=1S/C19H21ClF2N2O3S2/c1-13(24(29(2,26)27)16-6-7-17(21)18(22)11-16)19(25)23-8-9-28-12-14-4-3-5-15(20)10-14/h3-7,10-11,13H,8-9,12H2,1-2H3,(H,23,25)/t13-/m0/s1. The topological polar surface area (TPSA) is 66.5 Å². The minimum atomic E-state index is -3.90. The highest BCUT2D eigenvalue weighted by Crippen LogP contribution is 2.23. The lowest BCUT2D eigenvalue weighted by atomic mass is 10.2. The summed E-state index contributed by atoms with van der Waals surface area (Å²) in [5.41, 5.74) is 0.938. The second kappa shape index (κ2) is 10.3. The zero-order chi connectivity index (χ0) is 21.6. The molecule has 0 fully saturated rings. The second-order valence-corrected chi connectivity index (χ2v) is 9.71. The van der Waals surface area contributed by atoms with Gasteiger partial charge < -0.3 is 5.32 Å². The summed E-state index contributed by atoms with van der Waals surface area (Å²) < 4.78 is 51.8. The highest BCUT2D eigenvalue weighted by Gasteiger charge is 2.29. The predicted octanol–water partition coefficient (Wildman–Crippen LogP) is 3.82. The highest BCUT2D eigenvalue weighted by atomic mass is 35.5. The van der Waals surface area contributed by atoms with Gasteiger partial charge in [0.05, 0.1) is 11.9 Å². The molecule has 5 nitrogen and oxygen atoms in total. The number of nitrogens with zero attached hydrogens (tertiary/aromatic N) is 1. The molecule has 0 saturated carbocycles. The molecule has 10 heteroatoms. The molecule has 0 aliphatic carbocycles. The number of hydrogen-bond acceptors (Lipinski definition) is 4. The van der Waals surface area contributed by atoms with Gasteiger partial charge in [0.1, 0.15) is 6.04 Å². The van der Waals surface area contributed by atoms with Crippen LogP contribution in [0.5, 0.6) is 0 Å². The summed E-state index contributed by atoms with van der Waals surface area (Å²) in [4.78, 5) is 12.4. The van der Waals surface area contributed by atoms with Gasteiger partial charge in [-0.2, -0.15) is 11.8 Å². The van der Waals surface area contributed by atoms with Crippen LogP contribution in [0.4, 0.5) is 14.5 Å². The Bertz CT molecular complexity index is 974. The van der Waals surface area contributed by atoms with Crippen LogP contribution in [0, 0.1) is 11.6 Å². The maximum atomic E-state index is 13.5. The van der Waals surface area contributed by atoms with E-state index >= 15 is 0 Å². The van der Waals surface area contributed by atoms with E-state index in [-0.39, 0.29) is 5.69 Å². The molecule has 1 N–H and O–H groups in total. The summed E-state index contributed by atoms with van der Waals surface area (Å²) in [5, 5.41) is 3.32. The average Bonchev–Trinajstić information content (AvgIpc) is 2.63. The molecule has 0 radical (unpaired) electrons. The van der Waals surface area contributed by atoms with Crippen LogP contribution in [-0.4, -0.2) is 38.9 Å². The molecule has 2 aromatic rings. The molecule has 29 heavy (non-hydrogen) atoms. The maximum absolute atomic E-state index is 13.5. The smallest absolute Gasteiger partial charge is 0.243 e. The molecular weight excluding hydrogens is 442 g/mol. The Balaban J connectivity index is 1.94. The normalized spacial score (nSPS) is 12.4. The van der Waals surface area contributed by atoms with E-state index in [1.54, 1.807) is 17.8 Å². The molecule has 1 amide bonds. The number of carbonyl (C=O) groups is 1. The molecule has 0 heterocycles. The van der Waals surface area contributed by atoms with Crippen molar-refractivity contribution < 1.29 is 22.0 Å². The summed E-state index contributed by atoms with van der Waals surface area (Å²) in [6.07, 6.45) is 0.902. The van der Waals surface area contributed by atoms with Crippen molar-refractivity contribution in [3.63, 3.8) is 0 Å². The molecule has 2 aromatic carbocycles. The number of nitrogens with one attached hydrogen (secondary N) is 1. The Kier molecular flexibility index (Phi) is 8.30. The van der Waals surface area contributed by atoms with Crippen molar-refractivity contribution in [1.29, 1.82) is 0 Å². The molecule has 0 unspecified atom stereocenters. The summed E-state index contributed by atoms with van der Waals surface area (Å²) >= 11 is 7.52. The van der Waals surface area contributed by atoms with Crippen molar-refractivity contribution >= 4 is 45.0 Å². The van der Waals surface area contributed by atoms with Gasteiger partial charge in [-0.3, -0.25) is 9.10 Å². The summed E-state index contributed by atoms with van der Waals surface area (Å²) in [5.74, 6) is -1.51. The van der Waals surface area contributed by atoms with Crippen LogP contribution in [0.3, 0.4) is 0 Å². The van der Waals surface area contributed by atoms with Gasteiger partial charge in [0, 0.05) is 29.1 Å². The van der Waals surface area contributed by atoms with E-state index in [1.165, 1.54) is 6.92 Å². The summed E-state index contributed by atoms with van der Waals surface area (Å²) in [6.45, 7) is 1.71. The van der Waals surface area contributed by atoms with E-state index in [0.29, 0.717) is 17.3 Å². The number of thioether (sulfide) groups is 1. The highest BCUT2D eigenvalue weighted by molar-refractivity contribution is 7.98. The third-order valence-electron chi connectivity index (χ3n) is 3.95. The molecule has 0 saturated heterocycles. The largest absolute Gasteiger partial charge is 0.353 e. The number of rotatable bonds is 9. The fourth-order valence-electron chi connectivity index (χ4n) is 2.64. The van der Waals surface area contributed by atoms with Crippen molar-refractivity contribution in [3.05, 3.63) is 64.7 Å². The van der Waals surface area contributed by atoms with Gasteiger partial charge in [0.25, 0.3) is 0 Å². The Morgan fingerprint density at radius 2 is 1.93 bits per heavy atom. The lowest BCUT2D eigenvalue weighted by Crippen LogP contribution is -2.48. The predicted molar refractivity (Wildman–Crippen MR) is 114 cm³/mol. The first kappa shape index (κ1) is 23.4. The van der Waals surface area contributed by atoms with Gasteiger partial charge in [-0.25, -0.2) is 17.2 Å².